The molecule has 0 aromatic rings. The standard InChI is InChI=1S/C3H5F2O3/c4-3(5,8)2(7)1-6/h2,6-7H,1H2. The molecule has 0 aliphatic rings. The molecule has 0 aliphatic heterocycles. The van der Waals surface area contributed by atoms with Crippen LogP contribution in [0.15, 0.2) is 0 Å². The molecule has 8 heavy (non-hydrogen) atoms. The molecule has 1 atom stereocenters. The minimum Gasteiger partial charge on any atom is -0.393 e. The molecule has 0 rings (SSSR count). The molecule has 0 aromatic carbocycles. The fourth-order valence-electron chi connectivity index (χ4n) is 0.106. The number of alkyl halides is 2. The normalized spacial score (nSPS) is 16.1. The second-order valence-electron chi connectivity index (χ2n) is 1.26. The van der Waals surface area contributed by atoms with E-state index in [1.54, 1.807) is 0 Å². The lowest BCUT2D eigenvalue weighted by Crippen LogP contribution is -2.34. The van der Waals surface area contributed by atoms with Crippen LogP contribution in [0.1, 0.15) is 0 Å². The lowest BCUT2D eigenvalue weighted by molar-refractivity contribution is -0.298. The van der Waals surface area contributed by atoms with Gasteiger partial charge in [-0.1, -0.05) is 0 Å². The second kappa shape index (κ2) is 2.34. The summed E-state index contributed by atoms with van der Waals surface area (Å²) in [5, 5.41) is 24.9. The maximum Gasteiger partial charge on any atom is 0.408 e. The molecule has 0 aromatic heterocycles. The van der Waals surface area contributed by atoms with Crippen molar-refractivity contribution in [3.8, 4) is 0 Å². The van der Waals surface area contributed by atoms with Crippen molar-refractivity contribution in [1.29, 1.82) is 0 Å². The third-order valence-electron chi connectivity index (χ3n) is 0.561. The van der Waals surface area contributed by atoms with Gasteiger partial charge in [0.1, 0.15) is 0 Å². The van der Waals surface area contributed by atoms with E-state index in [-0.39, 0.29) is 0 Å². The lowest BCUT2D eigenvalue weighted by Gasteiger charge is -2.09. The summed E-state index contributed by atoms with van der Waals surface area (Å²) >= 11 is 0. The van der Waals surface area contributed by atoms with E-state index in [2.05, 4.69) is 0 Å². The van der Waals surface area contributed by atoms with Crippen LogP contribution in [0, 0.1) is 0 Å². The van der Waals surface area contributed by atoms with Gasteiger partial charge in [0.05, 0.1) is 6.61 Å². The Kier molecular flexibility index (Phi) is 2.26. The smallest absolute Gasteiger partial charge is 0.393 e. The van der Waals surface area contributed by atoms with Gasteiger partial charge in [0.2, 0.25) is 0 Å². The Hall–Kier alpha value is -0.260. The molecule has 5 heteroatoms. The number of hydrogen-bond donors (Lipinski definition) is 2. The fraction of sp³-hybridized carbons (Fsp3) is 1.00. The maximum absolute atomic E-state index is 11.2. The zero-order valence-electron chi connectivity index (χ0n) is 3.84. The van der Waals surface area contributed by atoms with Gasteiger partial charge in [0.25, 0.3) is 0 Å². The van der Waals surface area contributed by atoms with Gasteiger partial charge in [-0.15, -0.1) is 0 Å². The topological polar surface area (TPSA) is 60.4 Å². The molecular formula is C3H5F2O3. The fourth-order valence-corrected chi connectivity index (χ4v) is 0.106. The van der Waals surface area contributed by atoms with Gasteiger partial charge in [-0.2, -0.15) is 13.9 Å². The van der Waals surface area contributed by atoms with Gasteiger partial charge in [0, 0.05) is 0 Å². The Labute approximate surface area is 44.2 Å². The highest BCUT2D eigenvalue weighted by atomic mass is 19.3. The van der Waals surface area contributed by atoms with Crippen molar-refractivity contribution in [2.45, 2.75) is 12.2 Å². The van der Waals surface area contributed by atoms with E-state index in [0.717, 1.165) is 0 Å². The predicted molar refractivity (Wildman–Crippen MR) is 18.7 cm³/mol. The molecule has 2 N–H and O–H groups in total. The van der Waals surface area contributed by atoms with E-state index < -0.39 is 18.8 Å². The summed E-state index contributed by atoms with van der Waals surface area (Å²) in [6, 6.07) is 0. The van der Waals surface area contributed by atoms with Crippen molar-refractivity contribution < 1.29 is 24.1 Å². The molecule has 0 heterocycles. The summed E-state index contributed by atoms with van der Waals surface area (Å²) in [4.78, 5) is 0. The molecule has 0 amide bonds. The highest BCUT2D eigenvalue weighted by Gasteiger charge is 2.36. The zero-order valence-corrected chi connectivity index (χ0v) is 3.84. The number of halogens is 2. The summed E-state index contributed by atoms with van der Waals surface area (Å²) in [5.74, 6) is 0. The van der Waals surface area contributed by atoms with E-state index in [9.17, 15) is 13.9 Å². The van der Waals surface area contributed by atoms with Crippen molar-refractivity contribution in [1.82, 2.24) is 0 Å². The largest absolute Gasteiger partial charge is 0.408 e. The van der Waals surface area contributed by atoms with E-state index in [1.165, 1.54) is 0 Å². The molecule has 0 spiro atoms. The first-order chi connectivity index (χ1) is 3.48. The monoisotopic (exact) mass is 127 g/mol. The van der Waals surface area contributed by atoms with Crippen LogP contribution >= 0.6 is 0 Å². The predicted octanol–water partition coefficient (Wildman–Crippen LogP) is -0.637. The van der Waals surface area contributed by atoms with Crippen LogP contribution in [-0.2, 0) is 5.11 Å². The summed E-state index contributed by atoms with van der Waals surface area (Å²) in [5.41, 5.74) is 0. The first kappa shape index (κ1) is 7.74. The van der Waals surface area contributed by atoms with Crippen molar-refractivity contribution >= 4 is 0 Å². The molecule has 0 bridgehead atoms. The summed E-state index contributed by atoms with van der Waals surface area (Å²) in [7, 11) is 0. The average Bonchev–Trinajstić information content (AvgIpc) is 1.62. The Morgan fingerprint density at radius 3 is 2.00 bits per heavy atom. The summed E-state index contributed by atoms with van der Waals surface area (Å²) in [6.07, 6.45) is -6.92. The number of hydrogen-bond acceptors (Lipinski definition) is 2. The van der Waals surface area contributed by atoms with Crippen LogP contribution in [0.25, 0.3) is 0 Å². The zero-order chi connectivity index (χ0) is 6.78. The van der Waals surface area contributed by atoms with Crippen LogP contribution in [0.3, 0.4) is 0 Å². The molecular weight excluding hydrogens is 122 g/mol. The highest BCUT2D eigenvalue weighted by Crippen LogP contribution is 2.13. The molecule has 0 saturated carbocycles. The highest BCUT2D eigenvalue weighted by molar-refractivity contribution is 4.60. The molecule has 1 unspecified atom stereocenters. The second-order valence-corrected chi connectivity index (χ2v) is 1.26. The third-order valence-corrected chi connectivity index (χ3v) is 0.561. The van der Waals surface area contributed by atoms with E-state index >= 15 is 0 Å². The minimum atomic E-state index is -4.44. The first-order valence-corrected chi connectivity index (χ1v) is 1.85. The Bertz CT molecular complexity index is 69.4. The summed E-state index contributed by atoms with van der Waals surface area (Å²) in [6.45, 7) is -1.21. The minimum absolute atomic E-state index is 1.21. The molecule has 0 aliphatic carbocycles. The Morgan fingerprint density at radius 2 is 2.00 bits per heavy atom. The SMILES string of the molecule is [O]C(F)(F)C(O)CO. The average molecular weight is 127 g/mol. The quantitative estimate of drug-likeness (QED) is 0.518. The number of aliphatic hydroxyl groups excluding tert-OH is 2. The maximum atomic E-state index is 11.2. The van der Waals surface area contributed by atoms with Crippen molar-refractivity contribution in [3.63, 3.8) is 0 Å². The Morgan fingerprint density at radius 1 is 1.62 bits per heavy atom. The number of rotatable bonds is 2. The van der Waals surface area contributed by atoms with Gasteiger partial charge in [-0.25, -0.2) is 0 Å². The molecule has 1 radical (unpaired) electrons. The van der Waals surface area contributed by atoms with Crippen LogP contribution in [-0.4, -0.2) is 29.0 Å². The molecule has 0 fully saturated rings. The van der Waals surface area contributed by atoms with E-state index in [1.807, 2.05) is 0 Å². The molecule has 0 saturated heterocycles. The van der Waals surface area contributed by atoms with Crippen LogP contribution in [0.5, 0.6) is 0 Å². The van der Waals surface area contributed by atoms with Crippen molar-refractivity contribution in [3.05, 3.63) is 0 Å². The number of aliphatic hydroxyl groups is 2. The third kappa shape index (κ3) is 2.15. The van der Waals surface area contributed by atoms with Gasteiger partial charge in [-0.05, 0) is 0 Å². The van der Waals surface area contributed by atoms with Crippen molar-refractivity contribution in [2.24, 2.45) is 0 Å². The first-order valence-electron chi connectivity index (χ1n) is 1.85. The van der Waals surface area contributed by atoms with Crippen LogP contribution in [0.2, 0.25) is 0 Å². The summed E-state index contributed by atoms with van der Waals surface area (Å²) < 4.78 is 22.3. The van der Waals surface area contributed by atoms with Gasteiger partial charge in [0.15, 0.2) is 6.10 Å². The van der Waals surface area contributed by atoms with Gasteiger partial charge < -0.3 is 10.2 Å². The molecule has 3 nitrogen and oxygen atoms in total. The lowest BCUT2D eigenvalue weighted by atomic mass is 10.4. The van der Waals surface area contributed by atoms with E-state index in [4.69, 9.17) is 10.2 Å². The van der Waals surface area contributed by atoms with Gasteiger partial charge >= 0.3 is 6.11 Å². The van der Waals surface area contributed by atoms with Crippen LogP contribution in [0.4, 0.5) is 8.78 Å². The van der Waals surface area contributed by atoms with E-state index in [0.29, 0.717) is 0 Å². The molecule has 49 valence electrons. The van der Waals surface area contributed by atoms with Crippen LogP contribution < -0.4 is 0 Å². The Balaban J connectivity index is 3.62. The van der Waals surface area contributed by atoms with Gasteiger partial charge in [-0.3, -0.25) is 0 Å². The van der Waals surface area contributed by atoms with Crippen molar-refractivity contribution in [2.75, 3.05) is 6.61 Å².